The van der Waals surface area contributed by atoms with Crippen molar-refractivity contribution in [2.75, 3.05) is 9.34 Å². The SMILES string of the molecule is Cc1ccc2ccccc2c1N1C(c2ccccc2)C(c2ccccc2)N(c2cc(C(C)(C)C)cc(C(C)(C)C)c2)[P+]1=O. The number of anilines is 2. The average molecular weight is 586 g/mol. The van der Waals surface area contributed by atoms with Gasteiger partial charge in [-0.3, -0.25) is 0 Å². The highest BCUT2D eigenvalue weighted by Gasteiger charge is 2.59. The molecule has 1 heterocycles. The fourth-order valence-electron chi connectivity index (χ4n) is 6.29. The van der Waals surface area contributed by atoms with Gasteiger partial charge in [0.15, 0.2) is 0 Å². The standard InChI is InChI=1S/C39H42N2OP/c1-27-22-23-28-16-14-15-21-34(28)35(27)41-37(30-19-12-9-13-20-30)36(29-17-10-8-11-18-29)40(43(41)42)33-25-31(38(2,3)4)24-32(26-33)39(5,6)7/h8-26,36-37H,1-7H3/q+1. The van der Waals surface area contributed by atoms with E-state index in [0.717, 1.165) is 38.8 Å². The molecule has 0 radical (unpaired) electrons. The van der Waals surface area contributed by atoms with Crippen LogP contribution in [-0.2, 0) is 15.4 Å². The lowest BCUT2D eigenvalue weighted by Gasteiger charge is -2.28. The topological polar surface area (TPSA) is 23.6 Å². The Bertz CT molecular complexity index is 1750. The molecule has 0 aromatic heterocycles. The van der Waals surface area contributed by atoms with Gasteiger partial charge in [0.05, 0.1) is 11.4 Å². The molecule has 218 valence electrons. The Kier molecular flexibility index (Phi) is 7.43. The molecule has 1 saturated heterocycles. The highest BCUT2D eigenvalue weighted by Crippen LogP contribution is 2.63. The van der Waals surface area contributed by atoms with E-state index in [1.807, 2.05) is 0 Å². The second-order valence-electron chi connectivity index (χ2n) is 13.9. The van der Waals surface area contributed by atoms with Gasteiger partial charge in [0.2, 0.25) is 0 Å². The van der Waals surface area contributed by atoms with E-state index in [4.69, 9.17) is 0 Å². The van der Waals surface area contributed by atoms with Crippen LogP contribution in [-0.4, -0.2) is 0 Å². The molecular weight excluding hydrogens is 543 g/mol. The summed E-state index contributed by atoms with van der Waals surface area (Å²) in [4.78, 5) is 0. The van der Waals surface area contributed by atoms with Crippen LogP contribution in [0.2, 0.25) is 0 Å². The van der Waals surface area contributed by atoms with Crippen LogP contribution in [0.5, 0.6) is 0 Å². The third kappa shape index (κ3) is 5.36. The molecule has 0 spiro atoms. The maximum Gasteiger partial charge on any atom is 0.597 e. The molecule has 6 rings (SSSR count). The van der Waals surface area contributed by atoms with E-state index in [0.29, 0.717) is 0 Å². The second kappa shape index (κ2) is 11.0. The molecule has 3 atom stereocenters. The van der Waals surface area contributed by atoms with Crippen molar-refractivity contribution in [3.8, 4) is 0 Å². The van der Waals surface area contributed by atoms with Gasteiger partial charge in [-0.2, -0.15) is 0 Å². The molecular formula is C39H42N2OP+. The molecule has 0 bridgehead atoms. The molecule has 0 aliphatic carbocycles. The van der Waals surface area contributed by atoms with E-state index in [1.54, 1.807) is 0 Å². The summed E-state index contributed by atoms with van der Waals surface area (Å²) in [6.45, 7) is 15.7. The molecule has 3 nitrogen and oxygen atoms in total. The van der Waals surface area contributed by atoms with Crippen molar-refractivity contribution in [3.63, 3.8) is 0 Å². The molecule has 4 heteroatoms. The fourth-order valence-corrected chi connectivity index (χ4v) is 8.20. The first kappa shape index (κ1) is 29.1. The molecule has 3 unspecified atom stereocenters. The monoisotopic (exact) mass is 585 g/mol. The Morgan fingerprint density at radius 2 is 1.07 bits per heavy atom. The van der Waals surface area contributed by atoms with Gasteiger partial charge in [0.25, 0.3) is 0 Å². The van der Waals surface area contributed by atoms with E-state index in [1.165, 1.54) is 11.1 Å². The van der Waals surface area contributed by atoms with Crippen LogP contribution >= 0.6 is 8.10 Å². The molecule has 5 aromatic carbocycles. The van der Waals surface area contributed by atoms with Crippen molar-refractivity contribution in [2.45, 2.75) is 71.4 Å². The van der Waals surface area contributed by atoms with Crippen molar-refractivity contribution >= 4 is 30.2 Å². The van der Waals surface area contributed by atoms with Crippen molar-refractivity contribution in [1.82, 2.24) is 0 Å². The van der Waals surface area contributed by atoms with Crippen LogP contribution in [0.1, 0.15) is 81.4 Å². The molecule has 5 aromatic rings. The number of fused-ring (bicyclic) bond motifs is 1. The molecule has 1 aliphatic heterocycles. The zero-order chi connectivity index (χ0) is 30.5. The van der Waals surface area contributed by atoms with Crippen molar-refractivity contribution in [3.05, 3.63) is 143 Å². The number of benzene rings is 5. The first-order valence-electron chi connectivity index (χ1n) is 15.2. The fraction of sp³-hybridized carbons (Fsp3) is 0.282. The van der Waals surface area contributed by atoms with Gasteiger partial charge in [-0.05, 0) is 67.7 Å². The van der Waals surface area contributed by atoms with Crippen molar-refractivity contribution in [2.24, 2.45) is 0 Å². The average Bonchev–Trinajstić information content (AvgIpc) is 3.29. The van der Waals surface area contributed by atoms with Crippen molar-refractivity contribution in [1.29, 1.82) is 0 Å². The Labute approximate surface area is 258 Å². The predicted molar refractivity (Wildman–Crippen MR) is 183 cm³/mol. The van der Waals surface area contributed by atoms with Crippen LogP contribution in [0, 0.1) is 6.92 Å². The van der Waals surface area contributed by atoms with Crippen LogP contribution in [0.25, 0.3) is 10.8 Å². The van der Waals surface area contributed by atoms with Gasteiger partial charge in [0.1, 0.15) is 12.1 Å². The first-order valence-corrected chi connectivity index (χ1v) is 16.4. The lowest BCUT2D eigenvalue weighted by atomic mass is 9.80. The minimum atomic E-state index is -2.04. The number of hydrogen-bond donors (Lipinski definition) is 0. The van der Waals surface area contributed by atoms with Crippen molar-refractivity contribution < 1.29 is 4.57 Å². The number of aryl methyl sites for hydroxylation is 1. The largest absolute Gasteiger partial charge is 0.597 e. The summed E-state index contributed by atoms with van der Waals surface area (Å²) in [5, 5.41) is 2.28. The maximum atomic E-state index is 15.4. The Morgan fingerprint density at radius 3 is 1.60 bits per heavy atom. The van der Waals surface area contributed by atoms with Gasteiger partial charge in [-0.15, -0.1) is 9.34 Å². The predicted octanol–water partition coefficient (Wildman–Crippen LogP) is 11.2. The number of hydrogen-bond acceptors (Lipinski definition) is 1. The van der Waals surface area contributed by atoms with Crippen LogP contribution < -0.4 is 9.34 Å². The van der Waals surface area contributed by atoms with E-state index in [-0.39, 0.29) is 22.9 Å². The summed E-state index contributed by atoms with van der Waals surface area (Å²) in [6.07, 6.45) is 0. The first-order chi connectivity index (χ1) is 20.4. The van der Waals surface area contributed by atoms with Crippen LogP contribution in [0.15, 0.2) is 115 Å². The van der Waals surface area contributed by atoms with Gasteiger partial charge < -0.3 is 0 Å². The minimum absolute atomic E-state index is 0.0612. The lowest BCUT2D eigenvalue weighted by Crippen LogP contribution is -2.25. The summed E-state index contributed by atoms with van der Waals surface area (Å²) in [6, 6.07) is 40.6. The normalized spacial score (nSPS) is 18.4. The third-order valence-corrected chi connectivity index (χ3v) is 10.4. The molecule has 1 aliphatic rings. The summed E-state index contributed by atoms with van der Waals surface area (Å²) in [7, 11) is -2.04. The Morgan fingerprint density at radius 1 is 0.581 bits per heavy atom. The summed E-state index contributed by atoms with van der Waals surface area (Å²) in [5.41, 5.74) is 7.85. The highest BCUT2D eigenvalue weighted by molar-refractivity contribution is 7.49. The third-order valence-electron chi connectivity index (χ3n) is 8.72. The zero-order valence-corrected chi connectivity index (χ0v) is 27.3. The molecule has 0 amide bonds. The van der Waals surface area contributed by atoms with Crippen LogP contribution in [0.4, 0.5) is 11.4 Å². The smallest absolute Gasteiger partial charge is 0.135 e. The Hall–Kier alpha value is -3.94. The van der Waals surface area contributed by atoms with Gasteiger partial charge in [-0.25, -0.2) is 0 Å². The number of rotatable bonds is 4. The zero-order valence-electron chi connectivity index (χ0n) is 26.4. The van der Waals surface area contributed by atoms with E-state index in [9.17, 15) is 0 Å². The van der Waals surface area contributed by atoms with E-state index in [2.05, 4.69) is 173 Å². The number of nitrogens with zero attached hydrogens (tertiary/aromatic N) is 2. The van der Waals surface area contributed by atoms with Gasteiger partial charge in [0, 0.05) is 5.39 Å². The summed E-state index contributed by atoms with van der Waals surface area (Å²) in [5.74, 6) is 0. The molecule has 0 saturated carbocycles. The molecule has 43 heavy (non-hydrogen) atoms. The highest BCUT2D eigenvalue weighted by atomic mass is 31.1. The quantitative estimate of drug-likeness (QED) is 0.196. The van der Waals surface area contributed by atoms with E-state index >= 15 is 4.57 Å². The summed E-state index contributed by atoms with van der Waals surface area (Å²) < 4.78 is 19.8. The maximum absolute atomic E-state index is 15.4. The van der Waals surface area contributed by atoms with Gasteiger partial charge >= 0.3 is 8.10 Å². The van der Waals surface area contributed by atoms with E-state index < -0.39 is 8.10 Å². The summed E-state index contributed by atoms with van der Waals surface area (Å²) >= 11 is 0. The second-order valence-corrected chi connectivity index (χ2v) is 15.2. The lowest BCUT2D eigenvalue weighted by molar-refractivity contribution is 0.566. The minimum Gasteiger partial charge on any atom is -0.135 e. The van der Waals surface area contributed by atoms with Crippen LogP contribution in [0.3, 0.4) is 0 Å². The molecule has 1 fully saturated rings. The molecule has 0 N–H and O–H groups in total. The Balaban J connectivity index is 1.68. The van der Waals surface area contributed by atoms with Gasteiger partial charge in [-0.1, -0.05) is 145 Å².